The molecule has 0 saturated carbocycles. The van der Waals surface area contributed by atoms with Crippen molar-refractivity contribution in [1.82, 2.24) is 4.90 Å². The van der Waals surface area contributed by atoms with Gasteiger partial charge in [0.15, 0.2) is 0 Å². The number of benzene rings is 1. The Morgan fingerprint density at radius 2 is 2.17 bits per heavy atom. The van der Waals surface area contributed by atoms with Crippen LogP contribution < -0.4 is 14.8 Å². The number of amides is 1. The summed E-state index contributed by atoms with van der Waals surface area (Å²) in [5.74, 6) is 1.46. The lowest BCUT2D eigenvalue weighted by Gasteiger charge is -2.25. The van der Waals surface area contributed by atoms with E-state index in [0.717, 1.165) is 61.3 Å². The highest BCUT2D eigenvalue weighted by Crippen LogP contribution is 2.40. The van der Waals surface area contributed by atoms with Gasteiger partial charge in [0.1, 0.15) is 22.6 Å². The molecule has 4 rings (SSSR count). The summed E-state index contributed by atoms with van der Waals surface area (Å²) < 4.78 is 10.9. The summed E-state index contributed by atoms with van der Waals surface area (Å²) in [5.41, 5.74) is 2.87. The fourth-order valence-corrected chi connectivity index (χ4v) is 5.68. The Bertz CT molecular complexity index is 963. The van der Waals surface area contributed by atoms with Crippen LogP contribution in [0.4, 0.5) is 5.00 Å². The van der Waals surface area contributed by atoms with E-state index >= 15 is 0 Å². The highest BCUT2D eigenvalue weighted by molar-refractivity contribution is 7.16. The molecule has 6 nitrogen and oxygen atoms in total. The molecule has 0 bridgehead atoms. The lowest BCUT2D eigenvalue weighted by atomic mass is 10.0. The predicted molar refractivity (Wildman–Crippen MR) is 113 cm³/mol. The molecule has 2 heterocycles. The second-order valence-electron chi connectivity index (χ2n) is 7.46. The molecular formula is C22H25N3O3S. The van der Waals surface area contributed by atoms with Crippen molar-refractivity contribution in [2.24, 2.45) is 0 Å². The predicted octanol–water partition coefficient (Wildman–Crippen LogP) is 3.90. The molecule has 0 radical (unpaired) electrons. The molecule has 1 aromatic heterocycles. The number of rotatable bonds is 6. The summed E-state index contributed by atoms with van der Waals surface area (Å²) in [6, 6.07) is 8.26. The minimum Gasteiger partial charge on any atom is -0.497 e. The van der Waals surface area contributed by atoms with Crippen LogP contribution in [0.1, 0.15) is 46.9 Å². The monoisotopic (exact) mass is 411 g/mol. The first kappa shape index (κ1) is 19.7. The number of hydrogen-bond acceptors (Lipinski definition) is 6. The quantitative estimate of drug-likeness (QED) is 0.780. The van der Waals surface area contributed by atoms with Gasteiger partial charge in [-0.2, -0.15) is 5.26 Å². The Labute approximate surface area is 175 Å². The van der Waals surface area contributed by atoms with Gasteiger partial charge in [0, 0.05) is 22.5 Å². The van der Waals surface area contributed by atoms with Crippen molar-refractivity contribution in [2.45, 2.75) is 38.1 Å². The lowest BCUT2D eigenvalue weighted by molar-refractivity contribution is -0.117. The van der Waals surface area contributed by atoms with Crippen molar-refractivity contribution in [1.29, 1.82) is 5.26 Å². The van der Waals surface area contributed by atoms with Gasteiger partial charge in [-0.3, -0.25) is 9.69 Å². The van der Waals surface area contributed by atoms with E-state index in [-0.39, 0.29) is 11.9 Å². The molecular weight excluding hydrogens is 386 g/mol. The van der Waals surface area contributed by atoms with Crippen LogP contribution in [0.25, 0.3) is 0 Å². The maximum absolute atomic E-state index is 12.8. The molecule has 1 fully saturated rings. The molecule has 1 saturated heterocycles. The van der Waals surface area contributed by atoms with Gasteiger partial charge in [0.05, 0.1) is 26.3 Å². The van der Waals surface area contributed by atoms with Crippen molar-refractivity contribution < 1.29 is 14.3 Å². The summed E-state index contributed by atoms with van der Waals surface area (Å²) in [6.45, 7) is 1.16. The number of hydrogen-bond donors (Lipinski definition) is 1. The molecule has 2 aromatic rings. The van der Waals surface area contributed by atoms with Gasteiger partial charge in [0.2, 0.25) is 5.91 Å². The number of aryl methyl sites for hydroxylation is 1. The van der Waals surface area contributed by atoms with Gasteiger partial charge < -0.3 is 14.8 Å². The molecule has 1 amide bonds. The lowest BCUT2D eigenvalue weighted by Crippen LogP contribution is -2.33. The number of nitriles is 1. The smallest absolute Gasteiger partial charge is 0.239 e. The highest BCUT2D eigenvalue weighted by atomic mass is 32.1. The summed E-state index contributed by atoms with van der Waals surface area (Å²) in [6.07, 6.45) is 5.06. The number of likely N-dealkylation sites (tertiary alicyclic amines) is 1. The maximum Gasteiger partial charge on any atom is 0.239 e. The molecule has 0 spiro atoms. The van der Waals surface area contributed by atoms with Gasteiger partial charge in [-0.25, -0.2) is 0 Å². The standard InChI is InChI=1S/C22H25N3O3S/c1-27-14-8-9-16(19(11-14)28-2)18-6-4-10-25(18)13-21(26)24-22-17(12-23)15-5-3-7-20(15)29-22/h8-9,11,18H,3-7,10,13H2,1-2H3,(H,24,26). The molecule has 1 atom stereocenters. The van der Waals surface area contributed by atoms with Gasteiger partial charge in [-0.1, -0.05) is 6.07 Å². The fourth-order valence-electron chi connectivity index (χ4n) is 4.42. The van der Waals surface area contributed by atoms with Crippen LogP contribution in [0.3, 0.4) is 0 Å². The SMILES string of the molecule is COc1ccc(C2CCCN2CC(=O)Nc2sc3c(c2C#N)CCC3)c(OC)c1. The molecule has 1 aliphatic heterocycles. The Morgan fingerprint density at radius 3 is 2.93 bits per heavy atom. The van der Waals surface area contributed by atoms with E-state index in [0.29, 0.717) is 17.1 Å². The number of ether oxygens (including phenoxy) is 2. The van der Waals surface area contributed by atoms with Crippen molar-refractivity contribution in [3.8, 4) is 17.6 Å². The first-order valence-electron chi connectivity index (χ1n) is 9.95. The van der Waals surface area contributed by atoms with Crippen molar-refractivity contribution in [3.63, 3.8) is 0 Å². The van der Waals surface area contributed by atoms with Gasteiger partial charge in [0.25, 0.3) is 0 Å². The Hall–Kier alpha value is -2.56. The number of anilines is 1. The molecule has 152 valence electrons. The zero-order chi connectivity index (χ0) is 20.4. The zero-order valence-corrected chi connectivity index (χ0v) is 17.6. The number of methoxy groups -OCH3 is 2. The summed E-state index contributed by atoms with van der Waals surface area (Å²) >= 11 is 1.56. The Morgan fingerprint density at radius 1 is 1.31 bits per heavy atom. The zero-order valence-electron chi connectivity index (χ0n) is 16.8. The summed E-state index contributed by atoms with van der Waals surface area (Å²) in [7, 11) is 3.29. The van der Waals surface area contributed by atoms with Crippen LogP contribution in [-0.2, 0) is 17.6 Å². The van der Waals surface area contributed by atoms with Crippen LogP contribution >= 0.6 is 11.3 Å². The van der Waals surface area contributed by atoms with Crippen LogP contribution in [0.5, 0.6) is 11.5 Å². The highest BCUT2D eigenvalue weighted by Gasteiger charge is 2.30. The van der Waals surface area contributed by atoms with E-state index in [9.17, 15) is 10.1 Å². The summed E-state index contributed by atoms with van der Waals surface area (Å²) in [4.78, 5) is 16.2. The van der Waals surface area contributed by atoms with E-state index in [1.807, 2.05) is 18.2 Å². The first-order valence-corrected chi connectivity index (χ1v) is 10.8. The third kappa shape index (κ3) is 3.83. The third-order valence-electron chi connectivity index (χ3n) is 5.80. The van der Waals surface area contributed by atoms with Gasteiger partial charge in [-0.15, -0.1) is 11.3 Å². The number of nitrogens with zero attached hydrogens (tertiary/aromatic N) is 2. The average molecular weight is 412 g/mol. The molecule has 1 aliphatic carbocycles. The number of thiophene rings is 1. The number of fused-ring (bicyclic) bond motifs is 1. The van der Waals surface area contributed by atoms with Crippen LogP contribution in [0.2, 0.25) is 0 Å². The molecule has 1 aromatic carbocycles. The number of nitrogens with one attached hydrogen (secondary N) is 1. The van der Waals surface area contributed by atoms with Gasteiger partial charge in [-0.05, 0) is 50.3 Å². The van der Waals surface area contributed by atoms with Crippen molar-refractivity contribution in [3.05, 3.63) is 39.8 Å². The number of carbonyl (C=O) groups is 1. The number of carbonyl (C=O) groups excluding carboxylic acids is 1. The minimum atomic E-state index is -0.0687. The molecule has 7 heteroatoms. The van der Waals surface area contributed by atoms with E-state index in [1.165, 1.54) is 4.88 Å². The third-order valence-corrected chi connectivity index (χ3v) is 7.00. The van der Waals surface area contributed by atoms with Crippen LogP contribution in [0, 0.1) is 11.3 Å². The maximum atomic E-state index is 12.8. The summed E-state index contributed by atoms with van der Waals surface area (Å²) in [5, 5.41) is 13.2. The minimum absolute atomic E-state index is 0.0687. The van der Waals surface area contributed by atoms with Crippen LogP contribution in [0.15, 0.2) is 18.2 Å². The van der Waals surface area contributed by atoms with E-state index < -0.39 is 0 Å². The van der Waals surface area contributed by atoms with E-state index in [2.05, 4.69) is 16.3 Å². The average Bonchev–Trinajstić information content (AvgIpc) is 3.43. The second-order valence-corrected chi connectivity index (χ2v) is 8.56. The van der Waals surface area contributed by atoms with E-state index in [1.54, 1.807) is 25.6 Å². The van der Waals surface area contributed by atoms with Crippen molar-refractivity contribution >= 4 is 22.2 Å². The first-order chi connectivity index (χ1) is 14.1. The Balaban J connectivity index is 1.48. The topological polar surface area (TPSA) is 74.6 Å². The molecule has 29 heavy (non-hydrogen) atoms. The van der Waals surface area contributed by atoms with Crippen molar-refractivity contribution in [2.75, 3.05) is 32.6 Å². The second kappa shape index (κ2) is 8.44. The molecule has 2 aliphatic rings. The molecule has 1 unspecified atom stereocenters. The normalized spacial score (nSPS) is 18.3. The van der Waals surface area contributed by atoms with Crippen LogP contribution in [-0.4, -0.2) is 38.1 Å². The molecule has 1 N–H and O–H groups in total. The fraction of sp³-hybridized carbons (Fsp3) is 0.455. The van der Waals surface area contributed by atoms with Gasteiger partial charge >= 0.3 is 0 Å². The van der Waals surface area contributed by atoms with E-state index in [4.69, 9.17) is 9.47 Å². The Kier molecular flexibility index (Phi) is 5.74. The largest absolute Gasteiger partial charge is 0.497 e.